The van der Waals surface area contributed by atoms with Crippen molar-refractivity contribution in [2.24, 2.45) is 0 Å². The number of nitrogens with one attached hydrogen (secondary N) is 1. The van der Waals surface area contributed by atoms with Crippen LogP contribution in [0.25, 0.3) is 0 Å². The van der Waals surface area contributed by atoms with Gasteiger partial charge in [0.2, 0.25) is 11.7 Å². The molecule has 0 saturated carbocycles. The standard InChI is InChI=1S/C19H21N3O4/c23-16-12-15(26-20-16)17(24)22-11-5-9-19(22)8-4-10-21(18(19)25)13-14-6-2-1-3-7-14/h1-3,6-7,12H,4-5,8-11,13H2,(H,20,23). The van der Waals surface area contributed by atoms with Gasteiger partial charge in [-0.25, -0.2) is 0 Å². The van der Waals surface area contributed by atoms with Gasteiger partial charge in [0, 0.05) is 19.6 Å². The number of amides is 2. The number of nitrogens with zero attached hydrogens (tertiary/aromatic N) is 2. The Morgan fingerprint density at radius 1 is 1.12 bits per heavy atom. The average molecular weight is 355 g/mol. The van der Waals surface area contributed by atoms with E-state index in [0.717, 1.165) is 24.5 Å². The predicted octanol–water partition coefficient (Wildman–Crippen LogP) is 1.77. The van der Waals surface area contributed by atoms with Gasteiger partial charge in [0.05, 0.1) is 6.07 Å². The zero-order valence-corrected chi connectivity index (χ0v) is 14.4. The molecule has 1 N–H and O–H groups in total. The summed E-state index contributed by atoms with van der Waals surface area (Å²) in [5.41, 5.74) is -0.201. The number of rotatable bonds is 3. The quantitative estimate of drug-likeness (QED) is 0.909. The van der Waals surface area contributed by atoms with E-state index in [1.165, 1.54) is 0 Å². The lowest BCUT2D eigenvalue weighted by molar-refractivity contribution is -0.146. The fourth-order valence-electron chi connectivity index (χ4n) is 4.20. The van der Waals surface area contributed by atoms with Crippen LogP contribution in [0.5, 0.6) is 0 Å². The molecular formula is C19H21N3O4. The maximum absolute atomic E-state index is 13.3. The van der Waals surface area contributed by atoms with Gasteiger partial charge < -0.3 is 14.3 Å². The van der Waals surface area contributed by atoms with E-state index in [1.807, 2.05) is 35.2 Å². The molecule has 1 spiro atoms. The third-order valence-electron chi connectivity index (χ3n) is 5.39. The molecule has 2 amide bonds. The number of H-pyrrole nitrogens is 1. The van der Waals surface area contributed by atoms with Crippen molar-refractivity contribution in [3.05, 3.63) is 58.1 Å². The number of benzene rings is 1. The molecule has 136 valence electrons. The molecule has 2 saturated heterocycles. The minimum absolute atomic E-state index is 0.00339. The predicted molar refractivity (Wildman–Crippen MR) is 93.4 cm³/mol. The van der Waals surface area contributed by atoms with Crippen molar-refractivity contribution in [1.82, 2.24) is 15.0 Å². The number of hydrogen-bond donors (Lipinski definition) is 1. The second-order valence-electron chi connectivity index (χ2n) is 6.98. The van der Waals surface area contributed by atoms with E-state index in [2.05, 4.69) is 5.16 Å². The third kappa shape index (κ3) is 2.73. The number of hydrogen-bond acceptors (Lipinski definition) is 4. The van der Waals surface area contributed by atoms with Crippen molar-refractivity contribution in [3.8, 4) is 0 Å². The van der Waals surface area contributed by atoms with Crippen molar-refractivity contribution in [1.29, 1.82) is 0 Å². The lowest BCUT2D eigenvalue weighted by atomic mass is 9.85. The highest BCUT2D eigenvalue weighted by Gasteiger charge is 2.53. The molecule has 1 aromatic heterocycles. The summed E-state index contributed by atoms with van der Waals surface area (Å²) in [4.78, 5) is 40.9. The van der Waals surface area contributed by atoms with E-state index in [9.17, 15) is 14.4 Å². The van der Waals surface area contributed by atoms with Gasteiger partial charge in [0.15, 0.2) is 0 Å². The summed E-state index contributed by atoms with van der Waals surface area (Å²) in [5, 5.41) is 2.14. The average Bonchev–Trinajstić information content (AvgIpc) is 3.27. The van der Waals surface area contributed by atoms with E-state index in [-0.39, 0.29) is 11.7 Å². The van der Waals surface area contributed by atoms with Gasteiger partial charge in [0.1, 0.15) is 5.54 Å². The Bertz CT molecular complexity index is 872. The van der Waals surface area contributed by atoms with Gasteiger partial charge >= 0.3 is 0 Å². The summed E-state index contributed by atoms with van der Waals surface area (Å²) >= 11 is 0. The van der Waals surface area contributed by atoms with Crippen LogP contribution < -0.4 is 5.56 Å². The summed E-state index contributed by atoms with van der Waals surface area (Å²) in [6.45, 7) is 1.73. The molecule has 26 heavy (non-hydrogen) atoms. The zero-order valence-electron chi connectivity index (χ0n) is 14.4. The van der Waals surface area contributed by atoms with Crippen LogP contribution in [0.3, 0.4) is 0 Å². The molecule has 2 aliphatic heterocycles. The summed E-state index contributed by atoms with van der Waals surface area (Å²) in [6.07, 6.45) is 2.92. The van der Waals surface area contributed by atoms with Gasteiger partial charge in [0.25, 0.3) is 11.5 Å². The van der Waals surface area contributed by atoms with Gasteiger partial charge in [-0.2, -0.15) is 5.16 Å². The van der Waals surface area contributed by atoms with E-state index in [1.54, 1.807) is 4.90 Å². The molecule has 2 aromatic rings. The summed E-state index contributed by atoms with van der Waals surface area (Å²) < 4.78 is 4.98. The second-order valence-corrected chi connectivity index (χ2v) is 6.98. The Labute approximate surface area is 150 Å². The first-order valence-corrected chi connectivity index (χ1v) is 8.94. The lowest BCUT2D eigenvalue weighted by Gasteiger charge is -2.44. The first-order valence-electron chi connectivity index (χ1n) is 8.94. The minimum atomic E-state index is -0.819. The third-order valence-corrected chi connectivity index (χ3v) is 5.39. The number of aromatic nitrogens is 1. The van der Waals surface area contributed by atoms with E-state index in [0.29, 0.717) is 32.5 Å². The molecule has 2 aliphatic rings. The highest BCUT2D eigenvalue weighted by atomic mass is 16.5. The van der Waals surface area contributed by atoms with Crippen LogP contribution in [0, 0.1) is 0 Å². The fraction of sp³-hybridized carbons (Fsp3) is 0.421. The Balaban J connectivity index is 1.60. The highest BCUT2D eigenvalue weighted by Crippen LogP contribution is 2.39. The molecule has 0 radical (unpaired) electrons. The summed E-state index contributed by atoms with van der Waals surface area (Å²) in [6, 6.07) is 11.0. The Kier molecular flexibility index (Phi) is 4.14. The first-order chi connectivity index (χ1) is 12.6. The van der Waals surface area contributed by atoms with Gasteiger partial charge in [-0.3, -0.25) is 14.4 Å². The molecule has 1 aromatic carbocycles. The van der Waals surface area contributed by atoms with E-state index in [4.69, 9.17) is 4.52 Å². The Hall–Kier alpha value is -2.83. The van der Waals surface area contributed by atoms with Gasteiger partial charge in [-0.05, 0) is 31.2 Å². The van der Waals surface area contributed by atoms with E-state index >= 15 is 0 Å². The van der Waals surface area contributed by atoms with Crippen molar-refractivity contribution in [3.63, 3.8) is 0 Å². The molecule has 1 atom stereocenters. The summed E-state index contributed by atoms with van der Waals surface area (Å²) in [5.74, 6) is -0.434. The molecule has 4 rings (SSSR count). The van der Waals surface area contributed by atoms with Crippen molar-refractivity contribution >= 4 is 11.8 Å². The fourth-order valence-corrected chi connectivity index (χ4v) is 4.20. The number of carbonyl (C=O) groups excluding carboxylic acids is 2. The molecule has 7 nitrogen and oxygen atoms in total. The number of piperidine rings is 1. The zero-order chi connectivity index (χ0) is 18.1. The number of carbonyl (C=O) groups is 2. The molecule has 3 heterocycles. The largest absolute Gasteiger partial charge is 0.373 e. The molecule has 7 heteroatoms. The highest BCUT2D eigenvalue weighted by molar-refractivity contribution is 5.98. The SMILES string of the molecule is O=C(c1cc(=O)[nH]o1)N1CCCC12CCCN(Cc1ccccc1)C2=O. The van der Waals surface area contributed by atoms with Crippen LogP contribution in [0.2, 0.25) is 0 Å². The second kappa shape index (κ2) is 6.48. The van der Waals surface area contributed by atoms with Crippen LogP contribution >= 0.6 is 0 Å². The van der Waals surface area contributed by atoms with Crippen LogP contribution in [0.15, 0.2) is 45.7 Å². The molecular weight excluding hydrogens is 334 g/mol. The number of likely N-dealkylation sites (tertiary alicyclic amines) is 2. The molecule has 2 fully saturated rings. The smallest absolute Gasteiger partial charge is 0.293 e. The topological polar surface area (TPSA) is 86.6 Å². The molecule has 0 aliphatic carbocycles. The maximum atomic E-state index is 13.3. The number of aromatic amines is 1. The first kappa shape index (κ1) is 16.6. The van der Waals surface area contributed by atoms with Crippen molar-refractivity contribution < 1.29 is 14.1 Å². The summed E-state index contributed by atoms with van der Waals surface area (Å²) in [7, 11) is 0. The van der Waals surface area contributed by atoms with Gasteiger partial charge in [-0.15, -0.1) is 0 Å². The molecule has 0 bridgehead atoms. The van der Waals surface area contributed by atoms with Crippen LogP contribution in [0.1, 0.15) is 41.8 Å². The van der Waals surface area contributed by atoms with Crippen LogP contribution in [-0.2, 0) is 11.3 Å². The Morgan fingerprint density at radius 3 is 2.54 bits per heavy atom. The monoisotopic (exact) mass is 355 g/mol. The minimum Gasteiger partial charge on any atom is -0.373 e. The van der Waals surface area contributed by atoms with Crippen molar-refractivity contribution in [2.45, 2.75) is 37.8 Å². The van der Waals surface area contributed by atoms with Crippen LogP contribution in [0.4, 0.5) is 0 Å². The normalized spacial score (nSPS) is 23.0. The molecule has 1 unspecified atom stereocenters. The maximum Gasteiger partial charge on any atom is 0.293 e. The van der Waals surface area contributed by atoms with E-state index < -0.39 is 17.0 Å². The van der Waals surface area contributed by atoms with Crippen molar-refractivity contribution in [2.75, 3.05) is 13.1 Å². The van der Waals surface area contributed by atoms with Crippen LogP contribution in [-0.4, -0.2) is 45.4 Å². The van der Waals surface area contributed by atoms with Gasteiger partial charge in [-0.1, -0.05) is 30.3 Å². The lowest BCUT2D eigenvalue weighted by Crippen LogP contribution is -2.61. The Morgan fingerprint density at radius 2 is 1.85 bits per heavy atom.